The first kappa shape index (κ1) is 16.0. The molecule has 1 aliphatic rings. The molecule has 1 heterocycles. The Bertz CT molecular complexity index is 461. The summed E-state index contributed by atoms with van der Waals surface area (Å²) in [5.41, 5.74) is 1.51. The Morgan fingerprint density at radius 3 is 2.24 bits per heavy atom. The van der Waals surface area contributed by atoms with Gasteiger partial charge in [0, 0.05) is 26.2 Å². The molecule has 1 aromatic rings. The van der Waals surface area contributed by atoms with E-state index in [2.05, 4.69) is 48.8 Å². The number of hydrogen-bond acceptors (Lipinski definition) is 3. The SMILES string of the molecule is CC(C)(C)CCN1CCN(C(C#N)c2ccccc2)CC1. The van der Waals surface area contributed by atoms with Gasteiger partial charge in [-0.3, -0.25) is 4.90 Å². The van der Waals surface area contributed by atoms with Crippen molar-refractivity contribution < 1.29 is 0 Å². The van der Waals surface area contributed by atoms with Crippen molar-refractivity contribution in [3.05, 3.63) is 35.9 Å². The van der Waals surface area contributed by atoms with Crippen molar-refractivity contribution in [3.8, 4) is 6.07 Å². The van der Waals surface area contributed by atoms with Gasteiger partial charge in [0.05, 0.1) is 6.07 Å². The van der Waals surface area contributed by atoms with Crippen molar-refractivity contribution in [1.82, 2.24) is 9.80 Å². The lowest BCUT2D eigenvalue weighted by Crippen LogP contribution is -2.47. The van der Waals surface area contributed by atoms with Crippen LogP contribution in [0.1, 0.15) is 38.8 Å². The molecule has 3 heteroatoms. The maximum absolute atomic E-state index is 9.50. The predicted molar refractivity (Wildman–Crippen MR) is 86.9 cm³/mol. The van der Waals surface area contributed by atoms with E-state index in [1.807, 2.05) is 18.2 Å². The third-order valence-electron chi connectivity index (χ3n) is 4.19. The number of hydrogen-bond donors (Lipinski definition) is 0. The highest BCUT2D eigenvalue weighted by molar-refractivity contribution is 5.24. The summed E-state index contributed by atoms with van der Waals surface area (Å²) in [5.74, 6) is 0. The minimum absolute atomic E-state index is 0.101. The molecular weight excluding hydrogens is 258 g/mol. The van der Waals surface area contributed by atoms with Crippen LogP contribution in [0.2, 0.25) is 0 Å². The van der Waals surface area contributed by atoms with Gasteiger partial charge in [0.1, 0.15) is 6.04 Å². The van der Waals surface area contributed by atoms with E-state index in [4.69, 9.17) is 0 Å². The van der Waals surface area contributed by atoms with Gasteiger partial charge in [-0.15, -0.1) is 0 Å². The van der Waals surface area contributed by atoms with Crippen LogP contribution in [-0.2, 0) is 0 Å². The molecule has 0 saturated carbocycles. The molecule has 3 nitrogen and oxygen atoms in total. The highest BCUT2D eigenvalue weighted by Gasteiger charge is 2.25. The fourth-order valence-corrected chi connectivity index (χ4v) is 2.74. The van der Waals surface area contributed by atoms with Crippen molar-refractivity contribution in [2.75, 3.05) is 32.7 Å². The number of rotatable bonds is 4. The molecule has 0 aromatic heterocycles. The zero-order valence-electron chi connectivity index (χ0n) is 13.5. The lowest BCUT2D eigenvalue weighted by atomic mass is 9.92. The van der Waals surface area contributed by atoms with E-state index in [0.717, 1.165) is 31.7 Å². The van der Waals surface area contributed by atoms with E-state index in [9.17, 15) is 5.26 Å². The van der Waals surface area contributed by atoms with Crippen LogP contribution in [0, 0.1) is 16.7 Å². The van der Waals surface area contributed by atoms with Crippen LogP contribution < -0.4 is 0 Å². The zero-order chi connectivity index (χ0) is 15.3. The van der Waals surface area contributed by atoms with Crippen molar-refractivity contribution in [3.63, 3.8) is 0 Å². The maximum atomic E-state index is 9.50. The van der Waals surface area contributed by atoms with Gasteiger partial charge >= 0.3 is 0 Å². The first-order valence-electron chi connectivity index (χ1n) is 7.90. The summed E-state index contributed by atoms with van der Waals surface area (Å²) in [5, 5.41) is 9.50. The van der Waals surface area contributed by atoms with E-state index in [0.29, 0.717) is 5.41 Å². The minimum atomic E-state index is -0.101. The summed E-state index contributed by atoms with van der Waals surface area (Å²) >= 11 is 0. The number of benzene rings is 1. The van der Waals surface area contributed by atoms with E-state index in [1.165, 1.54) is 13.0 Å². The summed E-state index contributed by atoms with van der Waals surface area (Å²) in [6, 6.07) is 12.5. The Morgan fingerprint density at radius 2 is 1.71 bits per heavy atom. The maximum Gasteiger partial charge on any atom is 0.123 e. The summed E-state index contributed by atoms with van der Waals surface area (Å²) in [4.78, 5) is 4.84. The van der Waals surface area contributed by atoms with Gasteiger partial charge in [0.15, 0.2) is 0 Å². The molecule has 0 aliphatic carbocycles. The highest BCUT2D eigenvalue weighted by atomic mass is 15.3. The second-order valence-electron chi connectivity index (χ2n) is 7.13. The highest BCUT2D eigenvalue weighted by Crippen LogP contribution is 2.23. The lowest BCUT2D eigenvalue weighted by molar-refractivity contribution is 0.105. The molecule has 0 N–H and O–H groups in total. The van der Waals surface area contributed by atoms with E-state index in [1.54, 1.807) is 0 Å². The van der Waals surface area contributed by atoms with Crippen molar-refractivity contribution in [2.45, 2.75) is 33.2 Å². The molecule has 1 atom stereocenters. The smallest absolute Gasteiger partial charge is 0.123 e. The first-order valence-corrected chi connectivity index (χ1v) is 7.90. The molecule has 1 unspecified atom stereocenters. The Labute approximate surface area is 129 Å². The molecule has 114 valence electrons. The Kier molecular flexibility index (Phi) is 5.39. The van der Waals surface area contributed by atoms with Gasteiger partial charge < -0.3 is 4.90 Å². The molecule has 1 saturated heterocycles. The minimum Gasteiger partial charge on any atom is -0.301 e. The van der Waals surface area contributed by atoms with Crippen molar-refractivity contribution >= 4 is 0 Å². The molecule has 0 bridgehead atoms. The average Bonchev–Trinajstić information content (AvgIpc) is 2.47. The summed E-state index contributed by atoms with van der Waals surface area (Å²) in [6.07, 6.45) is 1.23. The molecule has 1 fully saturated rings. The van der Waals surface area contributed by atoms with Gasteiger partial charge in [-0.25, -0.2) is 0 Å². The van der Waals surface area contributed by atoms with Crippen LogP contribution in [0.3, 0.4) is 0 Å². The van der Waals surface area contributed by atoms with Gasteiger partial charge in [-0.05, 0) is 23.9 Å². The zero-order valence-corrected chi connectivity index (χ0v) is 13.5. The van der Waals surface area contributed by atoms with Crippen LogP contribution in [0.4, 0.5) is 0 Å². The molecule has 0 amide bonds. The number of nitrogens with zero attached hydrogens (tertiary/aromatic N) is 3. The summed E-state index contributed by atoms with van der Waals surface area (Å²) < 4.78 is 0. The van der Waals surface area contributed by atoms with Crippen LogP contribution in [0.5, 0.6) is 0 Å². The van der Waals surface area contributed by atoms with Crippen LogP contribution in [-0.4, -0.2) is 42.5 Å². The molecule has 1 aromatic carbocycles. The molecule has 0 radical (unpaired) electrons. The van der Waals surface area contributed by atoms with Gasteiger partial charge in [0.2, 0.25) is 0 Å². The molecule has 21 heavy (non-hydrogen) atoms. The third-order valence-corrected chi connectivity index (χ3v) is 4.19. The predicted octanol–water partition coefficient (Wildman–Crippen LogP) is 3.31. The third kappa shape index (κ3) is 4.84. The number of piperazine rings is 1. The normalized spacial score (nSPS) is 19.1. The second-order valence-corrected chi connectivity index (χ2v) is 7.13. The number of nitriles is 1. The van der Waals surface area contributed by atoms with Crippen LogP contribution >= 0.6 is 0 Å². The molecular formula is C18H27N3. The summed E-state index contributed by atoms with van der Waals surface area (Å²) in [6.45, 7) is 12.2. The summed E-state index contributed by atoms with van der Waals surface area (Å²) in [7, 11) is 0. The van der Waals surface area contributed by atoms with E-state index < -0.39 is 0 Å². The first-order chi connectivity index (χ1) is 9.99. The quantitative estimate of drug-likeness (QED) is 0.850. The van der Waals surface area contributed by atoms with Crippen LogP contribution in [0.15, 0.2) is 30.3 Å². The topological polar surface area (TPSA) is 30.3 Å². The van der Waals surface area contributed by atoms with Gasteiger partial charge in [-0.1, -0.05) is 51.1 Å². The van der Waals surface area contributed by atoms with Crippen LogP contribution in [0.25, 0.3) is 0 Å². The standard InChI is InChI=1S/C18H27N3/c1-18(2,3)9-10-20-11-13-21(14-12-20)17(15-19)16-7-5-4-6-8-16/h4-8,17H,9-14H2,1-3H3. The fourth-order valence-electron chi connectivity index (χ4n) is 2.74. The molecule has 1 aliphatic heterocycles. The Hall–Kier alpha value is -1.37. The monoisotopic (exact) mass is 285 g/mol. The second kappa shape index (κ2) is 7.06. The molecule has 0 spiro atoms. The van der Waals surface area contributed by atoms with Crippen molar-refractivity contribution in [2.24, 2.45) is 5.41 Å². The Morgan fingerprint density at radius 1 is 1.10 bits per heavy atom. The van der Waals surface area contributed by atoms with Crippen molar-refractivity contribution in [1.29, 1.82) is 5.26 Å². The average molecular weight is 285 g/mol. The van der Waals surface area contributed by atoms with E-state index in [-0.39, 0.29) is 6.04 Å². The largest absolute Gasteiger partial charge is 0.301 e. The van der Waals surface area contributed by atoms with Gasteiger partial charge in [0.25, 0.3) is 0 Å². The fraction of sp³-hybridized carbons (Fsp3) is 0.611. The van der Waals surface area contributed by atoms with Gasteiger partial charge in [-0.2, -0.15) is 5.26 Å². The molecule has 2 rings (SSSR count). The van der Waals surface area contributed by atoms with E-state index >= 15 is 0 Å². The lowest BCUT2D eigenvalue weighted by Gasteiger charge is -2.37. The Balaban J connectivity index is 1.87.